The van der Waals surface area contributed by atoms with Gasteiger partial charge in [0.2, 0.25) is 0 Å². The molecule has 1 aliphatic heterocycles. The maximum atomic E-state index is 13.2. The van der Waals surface area contributed by atoms with Gasteiger partial charge in [-0.15, -0.1) is 0 Å². The third-order valence-electron chi connectivity index (χ3n) is 5.13. The Balaban J connectivity index is 1.86. The Bertz CT molecular complexity index is 1200. The van der Waals surface area contributed by atoms with E-state index < -0.39 is 17.8 Å². The second kappa shape index (κ2) is 8.39. The van der Waals surface area contributed by atoms with Gasteiger partial charge in [-0.25, -0.2) is 9.69 Å². The zero-order valence-electron chi connectivity index (χ0n) is 17.2. The first-order valence-corrected chi connectivity index (χ1v) is 9.99. The lowest BCUT2D eigenvalue weighted by Gasteiger charge is -2.26. The fraction of sp³-hybridized carbons (Fsp3) is 0.167. The smallest absolute Gasteiger partial charge is 0.336 e. The molecule has 7 heteroatoms. The molecule has 1 aromatic heterocycles. The number of hydrogen-bond donors (Lipinski definition) is 1. The van der Waals surface area contributed by atoms with Crippen LogP contribution in [0.1, 0.15) is 25.8 Å². The lowest BCUT2D eigenvalue weighted by Crippen LogP contribution is -2.54. The molecule has 0 spiro atoms. The predicted molar refractivity (Wildman–Crippen MR) is 118 cm³/mol. The van der Waals surface area contributed by atoms with Crippen LogP contribution in [0.3, 0.4) is 0 Å². The summed E-state index contributed by atoms with van der Waals surface area (Å²) in [6, 6.07) is 13.8. The number of aromatic nitrogens is 1. The molecule has 0 aliphatic carbocycles. The summed E-state index contributed by atoms with van der Waals surface area (Å²) in [5.74, 6) is -0.910. The van der Waals surface area contributed by atoms with E-state index in [1.807, 2.05) is 50.2 Å². The number of imide groups is 2. The SMILES string of the molecule is CC[C@H](C)Oc1ccc2ccccc2c1/C=C1\C(=O)NC(=O)N(c2cccnc2)C1=O. The summed E-state index contributed by atoms with van der Waals surface area (Å²) in [7, 11) is 0. The molecule has 0 saturated carbocycles. The second-order valence-electron chi connectivity index (χ2n) is 7.20. The van der Waals surface area contributed by atoms with Crippen molar-refractivity contribution in [1.82, 2.24) is 10.3 Å². The number of rotatable bonds is 5. The zero-order chi connectivity index (χ0) is 22.0. The molecule has 4 amide bonds. The minimum absolute atomic E-state index is 0.0531. The van der Waals surface area contributed by atoms with Crippen molar-refractivity contribution in [2.45, 2.75) is 26.4 Å². The van der Waals surface area contributed by atoms with Crippen LogP contribution >= 0.6 is 0 Å². The third-order valence-corrected chi connectivity index (χ3v) is 5.13. The number of hydrogen-bond acceptors (Lipinski definition) is 5. The molecule has 2 heterocycles. The number of carbonyl (C=O) groups is 3. The average molecular weight is 415 g/mol. The molecule has 1 aliphatic rings. The average Bonchev–Trinajstić information content (AvgIpc) is 2.78. The monoisotopic (exact) mass is 415 g/mol. The van der Waals surface area contributed by atoms with Crippen molar-refractivity contribution in [1.29, 1.82) is 0 Å². The lowest BCUT2D eigenvalue weighted by atomic mass is 9.99. The summed E-state index contributed by atoms with van der Waals surface area (Å²) in [6.45, 7) is 3.97. The molecule has 0 radical (unpaired) electrons. The van der Waals surface area contributed by atoms with Gasteiger partial charge in [0, 0.05) is 11.8 Å². The number of benzene rings is 2. The van der Waals surface area contributed by atoms with E-state index in [9.17, 15) is 14.4 Å². The van der Waals surface area contributed by atoms with Crippen molar-refractivity contribution in [2.75, 3.05) is 4.90 Å². The van der Waals surface area contributed by atoms with Crippen molar-refractivity contribution < 1.29 is 19.1 Å². The maximum absolute atomic E-state index is 13.2. The van der Waals surface area contributed by atoms with E-state index in [-0.39, 0.29) is 17.4 Å². The lowest BCUT2D eigenvalue weighted by molar-refractivity contribution is -0.122. The van der Waals surface area contributed by atoms with Gasteiger partial charge in [-0.2, -0.15) is 0 Å². The highest BCUT2D eigenvalue weighted by atomic mass is 16.5. The first kappa shape index (κ1) is 20.3. The molecule has 31 heavy (non-hydrogen) atoms. The molecule has 3 aromatic rings. The normalized spacial score (nSPS) is 16.5. The first-order chi connectivity index (χ1) is 15.0. The van der Waals surface area contributed by atoms with Gasteiger partial charge in [0.1, 0.15) is 11.3 Å². The summed E-state index contributed by atoms with van der Waals surface area (Å²) in [5.41, 5.74) is 0.726. The number of fused-ring (bicyclic) bond motifs is 1. The quantitative estimate of drug-likeness (QED) is 0.501. The summed E-state index contributed by atoms with van der Waals surface area (Å²) in [4.78, 5) is 43.0. The Hall–Kier alpha value is -4.00. The number of ether oxygens (including phenoxy) is 1. The van der Waals surface area contributed by atoms with Crippen molar-refractivity contribution in [3.05, 3.63) is 72.1 Å². The predicted octanol–water partition coefficient (Wildman–Crippen LogP) is 4.08. The van der Waals surface area contributed by atoms with Crippen molar-refractivity contribution in [3.8, 4) is 5.75 Å². The Kier molecular flexibility index (Phi) is 5.49. The van der Waals surface area contributed by atoms with Crippen LogP contribution in [-0.4, -0.2) is 28.9 Å². The Morgan fingerprint density at radius 2 is 1.90 bits per heavy atom. The van der Waals surface area contributed by atoms with Crippen LogP contribution in [0.4, 0.5) is 10.5 Å². The highest BCUT2D eigenvalue weighted by molar-refractivity contribution is 6.39. The van der Waals surface area contributed by atoms with Crippen molar-refractivity contribution in [3.63, 3.8) is 0 Å². The van der Waals surface area contributed by atoms with Crippen LogP contribution < -0.4 is 15.0 Å². The number of nitrogens with zero attached hydrogens (tertiary/aromatic N) is 2. The number of urea groups is 1. The molecular weight excluding hydrogens is 394 g/mol. The number of pyridine rings is 1. The minimum Gasteiger partial charge on any atom is -0.490 e. The Morgan fingerprint density at radius 1 is 1.10 bits per heavy atom. The standard InChI is InChI=1S/C24H21N3O4/c1-3-15(2)31-21-11-10-16-7-4-5-9-18(16)19(21)13-20-22(28)26-24(30)27(23(20)29)17-8-6-12-25-14-17/h4-15H,3H2,1-2H3,(H,26,28,30)/b20-13+/t15-/m0/s1. The number of carbonyl (C=O) groups excluding carboxylic acids is 3. The molecule has 1 fully saturated rings. The summed E-state index contributed by atoms with van der Waals surface area (Å²) in [6.07, 6.45) is 5.16. The second-order valence-corrected chi connectivity index (χ2v) is 7.20. The highest BCUT2D eigenvalue weighted by Gasteiger charge is 2.37. The summed E-state index contributed by atoms with van der Waals surface area (Å²) in [5, 5.41) is 4.01. The van der Waals surface area contributed by atoms with Crippen molar-refractivity contribution in [2.24, 2.45) is 0 Å². The van der Waals surface area contributed by atoms with E-state index in [0.29, 0.717) is 11.3 Å². The Labute approximate surface area is 179 Å². The largest absolute Gasteiger partial charge is 0.490 e. The van der Waals surface area contributed by atoms with Crippen molar-refractivity contribution >= 4 is 40.4 Å². The van der Waals surface area contributed by atoms with Crippen LogP contribution in [0, 0.1) is 0 Å². The third kappa shape index (κ3) is 3.90. The molecule has 2 aromatic carbocycles. The van der Waals surface area contributed by atoms with Gasteiger partial charge in [-0.05, 0) is 48.4 Å². The van der Waals surface area contributed by atoms with Gasteiger partial charge < -0.3 is 4.74 Å². The zero-order valence-corrected chi connectivity index (χ0v) is 17.2. The first-order valence-electron chi connectivity index (χ1n) is 9.99. The van der Waals surface area contributed by atoms with Crippen LogP contribution in [-0.2, 0) is 9.59 Å². The van der Waals surface area contributed by atoms with E-state index >= 15 is 0 Å². The van der Waals surface area contributed by atoms with Gasteiger partial charge >= 0.3 is 6.03 Å². The fourth-order valence-corrected chi connectivity index (χ4v) is 3.35. The van der Waals surface area contributed by atoms with Crippen LogP contribution in [0.2, 0.25) is 0 Å². The Morgan fingerprint density at radius 3 is 2.65 bits per heavy atom. The number of amides is 4. The summed E-state index contributed by atoms with van der Waals surface area (Å²) < 4.78 is 6.07. The molecule has 1 atom stereocenters. The minimum atomic E-state index is -0.811. The number of barbiturate groups is 1. The van der Waals surface area contributed by atoms with E-state index in [2.05, 4.69) is 10.3 Å². The van der Waals surface area contributed by atoms with Gasteiger partial charge in [0.05, 0.1) is 18.0 Å². The summed E-state index contributed by atoms with van der Waals surface area (Å²) >= 11 is 0. The van der Waals surface area contributed by atoms with Gasteiger partial charge in [0.15, 0.2) is 0 Å². The highest BCUT2D eigenvalue weighted by Crippen LogP contribution is 2.32. The molecule has 0 bridgehead atoms. The molecule has 1 N–H and O–H groups in total. The number of nitrogens with one attached hydrogen (secondary N) is 1. The number of anilines is 1. The van der Waals surface area contributed by atoms with Gasteiger partial charge in [-0.3, -0.25) is 19.9 Å². The van der Waals surface area contributed by atoms with E-state index in [1.165, 1.54) is 18.5 Å². The molecule has 4 rings (SSSR count). The maximum Gasteiger partial charge on any atom is 0.336 e. The van der Waals surface area contributed by atoms with Crippen LogP contribution in [0.15, 0.2) is 66.5 Å². The van der Waals surface area contributed by atoms with Crippen LogP contribution in [0.25, 0.3) is 16.8 Å². The molecule has 7 nitrogen and oxygen atoms in total. The topological polar surface area (TPSA) is 88.6 Å². The molecular formula is C24H21N3O4. The van der Waals surface area contributed by atoms with Gasteiger partial charge in [-0.1, -0.05) is 37.3 Å². The van der Waals surface area contributed by atoms with E-state index in [1.54, 1.807) is 12.1 Å². The van der Waals surface area contributed by atoms with E-state index in [0.717, 1.165) is 22.1 Å². The fourth-order valence-electron chi connectivity index (χ4n) is 3.35. The van der Waals surface area contributed by atoms with Crippen LogP contribution in [0.5, 0.6) is 5.75 Å². The molecule has 0 unspecified atom stereocenters. The molecule has 156 valence electrons. The van der Waals surface area contributed by atoms with Gasteiger partial charge in [0.25, 0.3) is 11.8 Å². The van der Waals surface area contributed by atoms with E-state index in [4.69, 9.17) is 4.74 Å². The molecule has 1 saturated heterocycles.